The lowest BCUT2D eigenvalue weighted by molar-refractivity contribution is -0.122. The van der Waals surface area contributed by atoms with Crippen LogP contribution in [0, 0.1) is 11.8 Å². The molecule has 0 amide bonds. The van der Waals surface area contributed by atoms with Gasteiger partial charge in [-0.3, -0.25) is 9.69 Å². The number of likely N-dealkylation sites (tertiary alicyclic amines) is 1. The number of hydrogen-bond acceptors (Lipinski definition) is 3. The van der Waals surface area contributed by atoms with Crippen LogP contribution in [0.1, 0.15) is 26.2 Å². The van der Waals surface area contributed by atoms with Crippen molar-refractivity contribution >= 4 is 5.78 Å². The van der Waals surface area contributed by atoms with Crippen LogP contribution in [-0.2, 0) is 4.79 Å². The first kappa shape index (κ1) is 10.1. The monoisotopic (exact) mass is 197 g/mol. The van der Waals surface area contributed by atoms with Gasteiger partial charge in [0.2, 0.25) is 0 Å². The number of piperidine rings is 1. The molecule has 1 heterocycles. The molecular formula is C11H19NO2. The lowest BCUT2D eigenvalue weighted by Gasteiger charge is -2.33. The molecule has 0 radical (unpaired) electrons. The highest BCUT2D eigenvalue weighted by Gasteiger charge is 2.32. The molecule has 2 unspecified atom stereocenters. The van der Waals surface area contributed by atoms with E-state index in [4.69, 9.17) is 0 Å². The van der Waals surface area contributed by atoms with Gasteiger partial charge in [-0.15, -0.1) is 0 Å². The van der Waals surface area contributed by atoms with Gasteiger partial charge in [-0.05, 0) is 25.2 Å². The Bertz CT molecular complexity index is 225. The van der Waals surface area contributed by atoms with E-state index in [0.29, 0.717) is 24.2 Å². The average Bonchev–Trinajstić information content (AvgIpc) is 2.94. The van der Waals surface area contributed by atoms with E-state index in [0.717, 1.165) is 32.4 Å². The number of Topliss-reactive ketones (excluding diaryl/α,β-unsaturated/α-hetero) is 1. The summed E-state index contributed by atoms with van der Waals surface area (Å²) in [7, 11) is 0. The molecular weight excluding hydrogens is 178 g/mol. The minimum absolute atomic E-state index is 0.165. The molecule has 0 aromatic carbocycles. The summed E-state index contributed by atoms with van der Waals surface area (Å²) in [6.07, 6.45) is 2.86. The maximum atomic E-state index is 11.6. The Morgan fingerprint density at radius 2 is 2.14 bits per heavy atom. The molecule has 3 nitrogen and oxygen atoms in total. The van der Waals surface area contributed by atoms with E-state index in [2.05, 4.69) is 11.8 Å². The van der Waals surface area contributed by atoms with Gasteiger partial charge in [0.1, 0.15) is 5.78 Å². The van der Waals surface area contributed by atoms with E-state index in [1.165, 1.54) is 0 Å². The van der Waals surface area contributed by atoms with E-state index in [1.807, 2.05) is 0 Å². The number of aliphatic hydroxyl groups is 1. The standard InChI is InChI=1S/C11H19NO2/c1-8-6-12(5-4-10(8)13)7-11(14)9-2-3-9/h8-10,13H,2-7H2,1H3. The van der Waals surface area contributed by atoms with Crippen molar-refractivity contribution < 1.29 is 9.90 Å². The zero-order chi connectivity index (χ0) is 10.1. The predicted molar refractivity (Wildman–Crippen MR) is 54.0 cm³/mol. The van der Waals surface area contributed by atoms with Crippen molar-refractivity contribution in [2.24, 2.45) is 11.8 Å². The molecule has 2 fully saturated rings. The molecule has 80 valence electrons. The molecule has 0 aromatic rings. The Morgan fingerprint density at radius 3 is 2.71 bits per heavy atom. The van der Waals surface area contributed by atoms with Gasteiger partial charge in [-0.2, -0.15) is 0 Å². The molecule has 2 atom stereocenters. The van der Waals surface area contributed by atoms with Gasteiger partial charge in [0.05, 0.1) is 12.6 Å². The van der Waals surface area contributed by atoms with Gasteiger partial charge in [0, 0.05) is 19.0 Å². The highest BCUT2D eigenvalue weighted by atomic mass is 16.3. The van der Waals surface area contributed by atoms with Crippen LogP contribution in [0.2, 0.25) is 0 Å². The summed E-state index contributed by atoms with van der Waals surface area (Å²) in [5.41, 5.74) is 0. The third kappa shape index (κ3) is 2.34. The van der Waals surface area contributed by atoms with Gasteiger partial charge in [-0.25, -0.2) is 0 Å². The van der Waals surface area contributed by atoms with Crippen LogP contribution < -0.4 is 0 Å². The first-order chi connectivity index (χ1) is 6.66. The highest BCUT2D eigenvalue weighted by molar-refractivity contribution is 5.84. The topological polar surface area (TPSA) is 40.5 Å². The molecule has 1 aliphatic heterocycles. The van der Waals surface area contributed by atoms with Crippen LogP contribution in [-0.4, -0.2) is 41.5 Å². The van der Waals surface area contributed by atoms with Crippen molar-refractivity contribution in [3.8, 4) is 0 Å². The fraction of sp³-hybridized carbons (Fsp3) is 0.909. The second-order valence-corrected chi connectivity index (χ2v) is 4.81. The normalized spacial score (nSPS) is 34.4. The fourth-order valence-corrected chi connectivity index (χ4v) is 2.12. The zero-order valence-electron chi connectivity index (χ0n) is 8.78. The number of rotatable bonds is 3. The molecule has 1 saturated carbocycles. The summed E-state index contributed by atoms with van der Waals surface area (Å²) in [4.78, 5) is 13.8. The Kier molecular flexibility index (Phi) is 2.88. The Labute approximate surface area is 85.1 Å². The van der Waals surface area contributed by atoms with E-state index in [1.54, 1.807) is 0 Å². The molecule has 2 rings (SSSR count). The summed E-state index contributed by atoms with van der Waals surface area (Å²) >= 11 is 0. The second-order valence-electron chi connectivity index (χ2n) is 4.81. The third-order valence-corrected chi connectivity index (χ3v) is 3.36. The quantitative estimate of drug-likeness (QED) is 0.723. The molecule has 0 spiro atoms. The summed E-state index contributed by atoms with van der Waals surface area (Å²) < 4.78 is 0. The van der Waals surface area contributed by atoms with Crippen LogP contribution in [0.5, 0.6) is 0 Å². The molecule has 0 aromatic heterocycles. The van der Waals surface area contributed by atoms with Gasteiger partial charge in [0.15, 0.2) is 0 Å². The van der Waals surface area contributed by atoms with Gasteiger partial charge in [-0.1, -0.05) is 6.92 Å². The molecule has 0 bridgehead atoms. The number of aliphatic hydroxyl groups excluding tert-OH is 1. The first-order valence-electron chi connectivity index (χ1n) is 5.60. The lowest BCUT2D eigenvalue weighted by Crippen LogP contribution is -2.44. The van der Waals surface area contributed by atoms with E-state index in [9.17, 15) is 9.90 Å². The molecule has 14 heavy (non-hydrogen) atoms. The van der Waals surface area contributed by atoms with Crippen molar-refractivity contribution in [1.82, 2.24) is 4.90 Å². The van der Waals surface area contributed by atoms with Crippen LogP contribution in [0.15, 0.2) is 0 Å². The molecule has 1 aliphatic carbocycles. The number of carbonyl (C=O) groups excluding carboxylic acids is 1. The SMILES string of the molecule is CC1CN(CC(=O)C2CC2)CCC1O. The molecule has 1 saturated heterocycles. The van der Waals surface area contributed by atoms with Crippen LogP contribution in [0.25, 0.3) is 0 Å². The number of hydrogen-bond donors (Lipinski definition) is 1. The lowest BCUT2D eigenvalue weighted by atomic mass is 9.96. The van der Waals surface area contributed by atoms with E-state index < -0.39 is 0 Å². The maximum Gasteiger partial charge on any atom is 0.149 e. The first-order valence-corrected chi connectivity index (χ1v) is 5.60. The average molecular weight is 197 g/mol. The van der Waals surface area contributed by atoms with Gasteiger partial charge >= 0.3 is 0 Å². The Balaban J connectivity index is 1.78. The second kappa shape index (κ2) is 3.99. The Hall–Kier alpha value is -0.410. The van der Waals surface area contributed by atoms with E-state index in [-0.39, 0.29) is 6.10 Å². The third-order valence-electron chi connectivity index (χ3n) is 3.36. The minimum Gasteiger partial charge on any atom is -0.393 e. The molecule has 3 heteroatoms. The summed E-state index contributed by atoms with van der Waals surface area (Å²) in [5.74, 6) is 1.10. The predicted octanol–water partition coefficient (Wildman–Crippen LogP) is 0.668. The molecule has 2 aliphatic rings. The summed E-state index contributed by atoms with van der Waals surface area (Å²) in [5, 5.41) is 9.54. The van der Waals surface area contributed by atoms with Crippen LogP contribution in [0.4, 0.5) is 0 Å². The van der Waals surface area contributed by atoms with Crippen molar-refractivity contribution in [2.75, 3.05) is 19.6 Å². The van der Waals surface area contributed by atoms with Crippen molar-refractivity contribution in [3.63, 3.8) is 0 Å². The van der Waals surface area contributed by atoms with Crippen LogP contribution in [0.3, 0.4) is 0 Å². The highest BCUT2D eigenvalue weighted by Crippen LogP contribution is 2.30. The van der Waals surface area contributed by atoms with Crippen molar-refractivity contribution in [3.05, 3.63) is 0 Å². The van der Waals surface area contributed by atoms with E-state index >= 15 is 0 Å². The molecule has 1 N–H and O–H groups in total. The fourth-order valence-electron chi connectivity index (χ4n) is 2.12. The smallest absolute Gasteiger partial charge is 0.149 e. The van der Waals surface area contributed by atoms with Crippen molar-refractivity contribution in [2.45, 2.75) is 32.3 Å². The number of nitrogens with zero attached hydrogens (tertiary/aromatic N) is 1. The maximum absolute atomic E-state index is 11.6. The summed E-state index contributed by atoms with van der Waals surface area (Å²) in [6, 6.07) is 0. The summed E-state index contributed by atoms with van der Waals surface area (Å²) in [6.45, 7) is 4.42. The minimum atomic E-state index is -0.165. The number of carbonyl (C=O) groups is 1. The van der Waals surface area contributed by atoms with Crippen molar-refractivity contribution in [1.29, 1.82) is 0 Å². The number of ketones is 1. The Morgan fingerprint density at radius 1 is 1.43 bits per heavy atom. The van der Waals surface area contributed by atoms with Gasteiger partial charge < -0.3 is 5.11 Å². The van der Waals surface area contributed by atoms with Gasteiger partial charge in [0.25, 0.3) is 0 Å². The van der Waals surface area contributed by atoms with Crippen LogP contribution >= 0.6 is 0 Å². The largest absolute Gasteiger partial charge is 0.393 e. The zero-order valence-corrected chi connectivity index (χ0v) is 8.78.